The Morgan fingerprint density at radius 2 is 2.31 bits per heavy atom. The molecule has 0 bridgehead atoms. The number of ether oxygens (including phenoxy) is 1. The first-order valence-corrected chi connectivity index (χ1v) is 4.82. The van der Waals surface area contributed by atoms with Crippen molar-refractivity contribution in [3.8, 4) is 17.6 Å². The van der Waals surface area contributed by atoms with Crippen molar-refractivity contribution in [2.75, 3.05) is 11.9 Å². The van der Waals surface area contributed by atoms with Gasteiger partial charge in [-0.1, -0.05) is 15.9 Å². The highest BCUT2D eigenvalue weighted by atomic mass is 79.9. The van der Waals surface area contributed by atoms with Crippen molar-refractivity contribution in [1.29, 1.82) is 5.26 Å². The molecule has 0 aliphatic heterocycles. The van der Waals surface area contributed by atoms with Gasteiger partial charge in [-0.05, 0) is 12.1 Å². The molecule has 0 atom stereocenters. The first-order valence-electron chi connectivity index (χ1n) is 3.70. The van der Waals surface area contributed by atoms with Crippen LogP contribution in [0.2, 0.25) is 0 Å². The minimum absolute atomic E-state index is 0.0197. The lowest BCUT2D eigenvalue weighted by molar-refractivity contribution is 0.344. The van der Waals surface area contributed by atoms with E-state index in [0.717, 1.165) is 5.33 Å². The Labute approximate surface area is 84.7 Å². The van der Waals surface area contributed by atoms with Crippen LogP contribution in [0.4, 0.5) is 0 Å². The van der Waals surface area contributed by atoms with Crippen molar-refractivity contribution < 1.29 is 9.84 Å². The molecule has 0 aliphatic rings. The molecule has 0 saturated carbocycles. The largest absolute Gasteiger partial charge is 0.507 e. The monoisotopic (exact) mass is 241 g/mol. The molecule has 1 aromatic carbocycles. The highest BCUT2D eigenvalue weighted by molar-refractivity contribution is 9.09. The summed E-state index contributed by atoms with van der Waals surface area (Å²) in [6, 6.07) is 6.45. The standard InChI is InChI=1S/C9H8BrNO2/c10-3-4-13-8-1-2-9(12)7(5-8)6-11/h1-2,5,12H,3-4H2. The van der Waals surface area contributed by atoms with E-state index < -0.39 is 0 Å². The molecular weight excluding hydrogens is 234 g/mol. The lowest BCUT2D eigenvalue weighted by atomic mass is 10.2. The van der Waals surface area contributed by atoms with Gasteiger partial charge < -0.3 is 9.84 Å². The Morgan fingerprint density at radius 3 is 2.92 bits per heavy atom. The molecule has 0 radical (unpaired) electrons. The molecule has 0 unspecified atom stereocenters. The van der Waals surface area contributed by atoms with Gasteiger partial charge in [0.1, 0.15) is 17.6 Å². The maximum Gasteiger partial charge on any atom is 0.133 e. The number of benzene rings is 1. The summed E-state index contributed by atoms with van der Waals surface area (Å²) < 4.78 is 5.24. The van der Waals surface area contributed by atoms with Crippen LogP contribution in [0.25, 0.3) is 0 Å². The molecule has 0 heterocycles. The van der Waals surface area contributed by atoms with Gasteiger partial charge in [0.15, 0.2) is 0 Å². The number of hydrogen-bond donors (Lipinski definition) is 1. The van der Waals surface area contributed by atoms with Gasteiger partial charge in [-0.2, -0.15) is 5.26 Å². The van der Waals surface area contributed by atoms with Crippen LogP contribution in [0.5, 0.6) is 11.5 Å². The van der Waals surface area contributed by atoms with Crippen LogP contribution in [0.15, 0.2) is 18.2 Å². The van der Waals surface area contributed by atoms with Gasteiger partial charge in [0.05, 0.1) is 12.2 Å². The second-order valence-electron chi connectivity index (χ2n) is 2.33. The molecule has 1 N–H and O–H groups in total. The first kappa shape index (κ1) is 9.87. The molecule has 0 aliphatic carbocycles. The van der Waals surface area contributed by atoms with Gasteiger partial charge >= 0.3 is 0 Å². The third kappa shape index (κ3) is 2.63. The number of halogens is 1. The maximum absolute atomic E-state index is 9.17. The molecule has 3 nitrogen and oxygen atoms in total. The number of phenols is 1. The minimum Gasteiger partial charge on any atom is -0.507 e. The SMILES string of the molecule is N#Cc1cc(OCCBr)ccc1O. The number of nitriles is 1. The summed E-state index contributed by atoms with van der Waals surface area (Å²) >= 11 is 3.22. The Morgan fingerprint density at radius 1 is 1.54 bits per heavy atom. The highest BCUT2D eigenvalue weighted by Crippen LogP contribution is 2.21. The van der Waals surface area contributed by atoms with E-state index in [9.17, 15) is 5.11 Å². The van der Waals surface area contributed by atoms with Crippen LogP contribution in [-0.2, 0) is 0 Å². The number of aromatic hydroxyl groups is 1. The van der Waals surface area contributed by atoms with E-state index >= 15 is 0 Å². The average Bonchev–Trinajstić information content (AvgIpc) is 2.16. The fourth-order valence-corrected chi connectivity index (χ4v) is 1.01. The molecule has 1 aromatic rings. The van der Waals surface area contributed by atoms with Gasteiger partial charge in [-0.3, -0.25) is 0 Å². The van der Waals surface area contributed by atoms with Crippen LogP contribution >= 0.6 is 15.9 Å². The molecule has 4 heteroatoms. The lowest BCUT2D eigenvalue weighted by Gasteiger charge is -2.04. The van der Waals surface area contributed by atoms with Crippen molar-refractivity contribution in [2.24, 2.45) is 0 Å². The van der Waals surface area contributed by atoms with Crippen molar-refractivity contribution in [2.45, 2.75) is 0 Å². The van der Waals surface area contributed by atoms with Gasteiger partial charge in [0, 0.05) is 11.4 Å². The highest BCUT2D eigenvalue weighted by Gasteiger charge is 2.01. The van der Waals surface area contributed by atoms with Crippen molar-refractivity contribution in [1.82, 2.24) is 0 Å². The molecule has 1 rings (SSSR count). The van der Waals surface area contributed by atoms with Crippen molar-refractivity contribution in [3.63, 3.8) is 0 Å². The van der Waals surface area contributed by atoms with Crippen LogP contribution in [-0.4, -0.2) is 17.0 Å². The summed E-state index contributed by atoms with van der Waals surface area (Å²) in [6.45, 7) is 0.537. The molecule has 68 valence electrons. The van der Waals surface area contributed by atoms with E-state index in [1.165, 1.54) is 12.1 Å². The molecule has 0 amide bonds. The van der Waals surface area contributed by atoms with E-state index in [1.807, 2.05) is 6.07 Å². The lowest BCUT2D eigenvalue weighted by Crippen LogP contribution is -1.97. The van der Waals surface area contributed by atoms with E-state index in [0.29, 0.717) is 12.4 Å². The fourth-order valence-electron chi connectivity index (χ4n) is 0.851. The van der Waals surface area contributed by atoms with E-state index in [4.69, 9.17) is 10.00 Å². The molecule has 0 fully saturated rings. The summed E-state index contributed by atoms with van der Waals surface area (Å²) in [7, 11) is 0. The van der Waals surface area contributed by atoms with Gasteiger partial charge in [-0.15, -0.1) is 0 Å². The zero-order valence-corrected chi connectivity index (χ0v) is 8.41. The minimum atomic E-state index is -0.0197. The molecule has 13 heavy (non-hydrogen) atoms. The quantitative estimate of drug-likeness (QED) is 0.825. The summed E-state index contributed by atoms with van der Waals surface area (Å²) in [5, 5.41) is 18.5. The Bertz CT molecular complexity index is 333. The predicted molar refractivity (Wildman–Crippen MR) is 52.1 cm³/mol. The zero-order chi connectivity index (χ0) is 9.68. The Kier molecular flexibility index (Phi) is 3.59. The Balaban J connectivity index is 2.82. The number of hydrogen-bond acceptors (Lipinski definition) is 3. The van der Waals surface area contributed by atoms with Crippen LogP contribution in [0, 0.1) is 11.3 Å². The summed E-state index contributed by atoms with van der Waals surface area (Å²) in [5.74, 6) is 0.572. The van der Waals surface area contributed by atoms with Gasteiger partial charge in [0.25, 0.3) is 0 Å². The molecule has 0 spiro atoms. The van der Waals surface area contributed by atoms with Crippen LogP contribution in [0.3, 0.4) is 0 Å². The van der Waals surface area contributed by atoms with E-state index in [1.54, 1.807) is 6.07 Å². The maximum atomic E-state index is 9.17. The fraction of sp³-hybridized carbons (Fsp3) is 0.222. The first-order chi connectivity index (χ1) is 6.27. The van der Waals surface area contributed by atoms with Gasteiger partial charge in [-0.25, -0.2) is 0 Å². The van der Waals surface area contributed by atoms with E-state index in [2.05, 4.69) is 15.9 Å². The van der Waals surface area contributed by atoms with E-state index in [-0.39, 0.29) is 11.3 Å². The van der Waals surface area contributed by atoms with Crippen molar-refractivity contribution in [3.05, 3.63) is 23.8 Å². The smallest absolute Gasteiger partial charge is 0.133 e. The topological polar surface area (TPSA) is 53.2 Å². The molecular formula is C9H8BrNO2. The second kappa shape index (κ2) is 4.73. The molecule has 0 saturated heterocycles. The van der Waals surface area contributed by atoms with Gasteiger partial charge in [0.2, 0.25) is 0 Å². The van der Waals surface area contributed by atoms with Crippen LogP contribution < -0.4 is 4.74 Å². The third-order valence-corrected chi connectivity index (χ3v) is 1.76. The third-order valence-electron chi connectivity index (χ3n) is 1.43. The average molecular weight is 242 g/mol. The summed E-state index contributed by atoms with van der Waals surface area (Å²) in [5.41, 5.74) is 0.229. The number of alkyl halides is 1. The zero-order valence-electron chi connectivity index (χ0n) is 6.83. The summed E-state index contributed by atoms with van der Waals surface area (Å²) in [6.07, 6.45) is 0. The van der Waals surface area contributed by atoms with Crippen LogP contribution in [0.1, 0.15) is 5.56 Å². The normalized spacial score (nSPS) is 9.23. The predicted octanol–water partition coefficient (Wildman–Crippen LogP) is 2.04. The number of phenolic OH excluding ortho intramolecular Hbond substituents is 1. The van der Waals surface area contributed by atoms with Crippen molar-refractivity contribution >= 4 is 15.9 Å². The number of nitrogens with zero attached hydrogens (tertiary/aromatic N) is 1. The Hall–Kier alpha value is -1.21. The second-order valence-corrected chi connectivity index (χ2v) is 3.12. The summed E-state index contributed by atoms with van der Waals surface area (Å²) in [4.78, 5) is 0. The number of rotatable bonds is 3. The molecule has 0 aromatic heterocycles.